The van der Waals surface area contributed by atoms with Gasteiger partial charge in [-0.05, 0) is 34.1 Å². The predicted molar refractivity (Wildman–Crippen MR) is 84.0 cm³/mol. The van der Waals surface area contributed by atoms with Gasteiger partial charge in [0.15, 0.2) is 0 Å². The second kappa shape index (κ2) is 6.23. The fourth-order valence-electron chi connectivity index (χ4n) is 3.04. The highest BCUT2D eigenvalue weighted by atomic mass is 16.5. The Hall–Kier alpha value is -0.650. The van der Waals surface area contributed by atoms with Gasteiger partial charge in [-0.15, -0.1) is 0 Å². The first-order valence-corrected chi connectivity index (χ1v) is 7.76. The maximum atomic E-state index is 12.6. The molecule has 3 atom stereocenters. The first-order chi connectivity index (χ1) is 9.50. The highest BCUT2D eigenvalue weighted by Gasteiger charge is 2.62. The van der Waals surface area contributed by atoms with Gasteiger partial charge in [0.25, 0.3) is 0 Å². The first kappa shape index (κ1) is 18.4. The quantitative estimate of drug-likeness (QED) is 0.752. The molecule has 1 saturated carbocycles. The van der Waals surface area contributed by atoms with Crippen LogP contribution in [0.15, 0.2) is 0 Å². The van der Waals surface area contributed by atoms with Crippen molar-refractivity contribution in [2.75, 3.05) is 13.7 Å². The van der Waals surface area contributed by atoms with E-state index in [9.17, 15) is 4.79 Å². The number of methoxy groups -OCH3 is 1. The standard InChI is InChI=1S/C16H32N2O3/c1-8-21-12-10-16(17,15(12,5)6)13(19)18-11(2)9-14(3,4)20-7/h11-12H,8-10,17H2,1-7H3,(H,18,19). The molecule has 0 aliphatic heterocycles. The van der Waals surface area contributed by atoms with Crippen LogP contribution in [0.2, 0.25) is 0 Å². The van der Waals surface area contributed by atoms with Crippen molar-refractivity contribution in [3.8, 4) is 0 Å². The van der Waals surface area contributed by atoms with Gasteiger partial charge in [0.2, 0.25) is 5.91 Å². The van der Waals surface area contributed by atoms with Crippen molar-refractivity contribution < 1.29 is 14.3 Å². The van der Waals surface area contributed by atoms with Crippen LogP contribution < -0.4 is 11.1 Å². The van der Waals surface area contributed by atoms with E-state index in [0.29, 0.717) is 13.0 Å². The van der Waals surface area contributed by atoms with Crippen molar-refractivity contribution in [1.29, 1.82) is 0 Å². The van der Waals surface area contributed by atoms with Crippen molar-refractivity contribution in [2.45, 2.75) is 77.7 Å². The molecular formula is C16H32N2O3. The van der Waals surface area contributed by atoms with E-state index >= 15 is 0 Å². The molecule has 124 valence electrons. The molecule has 1 amide bonds. The summed E-state index contributed by atoms with van der Waals surface area (Å²) < 4.78 is 11.1. The Morgan fingerprint density at radius 2 is 2.05 bits per heavy atom. The van der Waals surface area contributed by atoms with Crippen LogP contribution in [0.1, 0.15) is 54.4 Å². The van der Waals surface area contributed by atoms with Gasteiger partial charge < -0.3 is 20.5 Å². The second-order valence-electron chi connectivity index (χ2n) is 7.38. The third-order valence-corrected chi connectivity index (χ3v) is 4.96. The molecule has 5 nitrogen and oxygen atoms in total. The highest BCUT2D eigenvalue weighted by Crippen LogP contribution is 2.49. The maximum Gasteiger partial charge on any atom is 0.241 e. The average molecular weight is 300 g/mol. The van der Waals surface area contributed by atoms with Crippen LogP contribution in [0, 0.1) is 5.41 Å². The summed E-state index contributed by atoms with van der Waals surface area (Å²) >= 11 is 0. The minimum Gasteiger partial charge on any atom is -0.379 e. The summed E-state index contributed by atoms with van der Waals surface area (Å²) in [5.74, 6) is -0.0946. The molecule has 1 aliphatic carbocycles. The van der Waals surface area contributed by atoms with E-state index in [4.69, 9.17) is 15.2 Å². The summed E-state index contributed by atoms with van der Waals surface area (Å²) in [7, 11) is 1.68. The van der Waals surface area contributed by atoms with E-state index in [0.717, 1.165) is 6.42 Å². The molecule has 1 aliphatic rings. The van der Waals surface area contributed by atoms with Gasteiger partial charge in [-0.2, -0.15) is 0 Å². The van der Waals surface area contributed by atoms with Crippen molar-refractivity contribution in [2.24, 2.45) is 11.1 Å². The van der Waals surface area contributed by atoms with E-state index in [2.05, 4.69) is 5.32 Å². The molecule has 0 aromatic carbocycles. The highest BCUT2D eigenvalue weighted by molar-refractivity contribution is 5.89. The second-order valence-corrected chi connectivity index (χ2v) is 7.38. The lowest BCUT2D eigenvalue weighted by molar-refractivity contribution is -0.171. The molecule has 0 aromatic rings. The molecule has 0 heterocycles. The van der Waals surface area contributed by atoms with Gasteiger partial charge in [0.05, 0.1) is 11.7 Å². The molecule has 0 aromatic heterocycles. The monoisotopic (exact) mass is 300 g/mol. The fraction of sp³-hybridized carbons (Fsp3) is 0.938. The van der Waals surface area contributed by atoms with Gasteiger partial charge in [-0.25, -0.2) is 0 Å². The number of nitrogens with two attached hydrogens (primary N) is 1. The lowest BCUT2D eigenvalue weighted by Crippen LogP contribution is -2.76. The SMILES string of the molecule is CCOC1CC(N)(C(=O)NC(C)CC(C)(C)OC)C1(C)C. The lowest BCUT2D eigenvalue weighted by Gasteiger charge is -2.57. The number of hydrogen-bond donors (Lipinski definition) is 2. The zero-order valence-corrected chi connectivity index (χ0v) is 14.6. The molecule has 0 radical (unpaired) electrons. The van der Waals surface area contributed by atoms with E-state index in [1.807, 2.05) is 41.5 Å². The Bertz CT molecular complexity index is 382. The van der Waals surface area contributed by atoms with Crippen molar-refractivity contribution >= 4 is 5.91 Å². The van der Waals surface area contributed by atoms with Crippen LogP contribution in [0.25, 0.3) is 0 Å². The Morgan fingerprint density at radius 1 is 1.48 bits per heavy atom. The van der Waals surface area contributed by atoms with Crippen molar-refractivity contribution in [1.82, 2.24) is 5.32 Å². The number of rotatable bonds is 7. The summed E-state index contributed by atoms with van der Waals surface area (Å²) in [6, 6.07) is 0.00909. The van der Waals surface area contributed by atoms with Gasteiger partial charge in [-0.3, -0.25) is 4.79 Å². The Labute approximate surface area is 128 Å². The smallest absolute Gasteiger partial charge is 0.241 e. The average Bonchev–Trinajstić information content (AvgIpc) is 2.37. The van der Waals surface area contributed by atoms with E-state index in [1.54, 1.807) is 7.11 Å². The molecule has 0 spiro atoms. The van der Waals surface area contributed by atoms with E-state index in [1.165, 1.54) is 0 Å². The van der Waals surface area contributed by atoms with Crippen LogP contribution in [0.4, 0.5) is 0 Å². The zero-order chi connectivity index (χ0) is 16.5. The normalized spacial score (nSPS) is 29.6. The van der Waals surface area contributed by atoms with Gasteiger partial charge in [0, 0.05) is 31.6 Å². The molecule has 3 unspecified atom stereocenters. The van der Waals surface area contributed by atoms with Crippen LogP contribution in [-0.4, -0.2) is 42.9 Å². The van der Waals surface area contributed by atoms with Crippen LogP contribution in [-0.2, 0) is 14.3 Å². The molecule has 0 saturated heterocycles. The Kier molecular flexibility index (Phi) is 5.45. The number of carbonyl (C=O) groups excluding carboxylic acids is 1. The number of hydrogen-bond acceptors (Lipinski definition) is 4. The summed E-state index contributed by atoms with van der Waals surface area (Å²) in [6.45, 7) is 12.6. The summed E-state index contributed by atoms with van der Waals surface area (Å²) in [5.41, 5.74) is 4.88. The molecule has 1 rings (SSSR count). The van der Waals surface area contributed by atoms with Gasteiger partial charge in [-0.1, -0.05) is 13.8 Å². The Balaban J connectivity index is 2.64. The third-order valence-electron chi connectivity index (χ3n) is 4.96. The predicted octanol–water partition coefficient (Wildman–Crippen LogP) is 1.84. The van der Waals surface area contributed by atoms with Crippen LogP contribution >= 0.6 is 0 Å². The minimum absolute atomic E-state index is 0.00909. The number of carbonyl (C=O) groups is 1. The topological polar surface area (TPSA) is 73.6 Å². The number of nitrogens with one attached hydrogen (secondary N) is 1. The largest absolute Gasteiger partial charge is 0.379 e. The van der Waals surface area contributed by atoms with Crippen molar-refractivity contribution in [3.63, 3.8) is 0 Å². The van der Waals surface area contributed by atoms with Gasteiger partial charge >= 0.3 is 0 Å². The van der Waals surface area contributed by atoms with Crippen LogP contribution in [0.5, 0.6) is 0 Å². The maximum absolute atomic E-state index is 12.6. The van der Waals surface area contributed by atoms with E-state index < -0.39 is 5.54 Å². The summed E-state index contributed by atoms with van der Waals surface area (Å²) in [4.78, 5) is 12.6. The molecule has 5 heteroatoms. The van der Waals surface area contributed by atoms with Crippen LogP contribution in [0.3, 0.4) is 0 Å². The van der Waals surface area contributed by atoms with E-state index in [-0.39, 0.29) is 29.1 Å². The molecule has 0 bridgehead atoms. The number of ether oxygens (including phenoxy) is 2. The fourth-order valence-corrected chi connectivity index (χ4v) is 3.04. The minimum atomic E-state index is -0.863. The van der Waals surface area contributed by atoms with Crippen molar-refractivity contribution in [3.05, 3.63) is 0 Å². The first-order valence-electron chi connectivity index (χ1n) is 7.76. The molecular weight excluding hydrogens is 268 g/mol. The molecule has 1 fully saturated rings. The summed E-state index contributed by atoms with van der Waals surface area (Å²) in [6.07, 6.45) is 1.35. The number of amides is 1. The summed E-state index contributed by atoms with van der Waals surface area (Å²) in [5, 5.41) is 3.03. The lowest BCUT2D eigenvalue weighted by atomic mass is 9.54. The Morgan fingerprint density at radius 3 is 2.48 bits per heavy atom. The molecule has 3 N–H and O–H groups in total. The zero-order valence-electron chi connectivity index (χ0n) is 14.6. The third kappa shape index (κ3) is 3.58. The molecule has 21 heavy (non-hydrogen) atoms. The van der Waals surface area contributed by atoms with Gasteiger partial charge in [0.1, 0.15) is 5.54 Å².